The molecule has 1 aromatic heterocycles. The number of ether oxygens (including phenoxy) is 1. The maximum absolute atomic E-state index is 9.00. The van der Waals surface area contributed by atoms with Crippen LogP contribution in [0.25, 0.3) is 0 Å². The number of nitrogens with two attached hydrogens (primary N) is 1. The Balaban J connectivity index is 0.00000128. The number of thiazole rings is 1. The molecule has 0 aromatic carbocycles. The van der Waals surface area contributed by atoms with Crippen molar-refractivity contribution in [3.8, 4) is 0 Å². The minimum atomic E-state index is -0.0518. The number of nitrogen functional groups attached to an aromatic ring is 1. The number of nitrogens with zero attached hydrogens (tertiary/aromatic N) is 2. The lowest BCUT2D eigenvalue weighted by molar-refractivity contribution is -0.0548. The average molecular weight is 266 g/mol. The van der Waals surface area contributed by atoms with Gasteiger partial charge in [0.2, 0.25) is 0 Å². The van der Waals surface area contributed by atoms with E-state index in [4.69, 9.17) is 15.6 Å². The van der Waals surface area contributed by atoms with Crippen LogP contribution in [-0.2, 0) is 11.3 Å². The Morgan fingerprint density at radius 3 is 3.12 bits per heavy atom. The molecule has 92 valence electrons. The number of rotatable bonds is 3. The predicted molar refractivity (Wildman–Crippen MR) is 65.9 cm³/mol. The van der Waals surface area contributed by atoms with Gasteiger partial charge in [0.1, 0.15) is 0 Å². The lowest BCUT2D eigenvalue weighted by Crippen LogP contribution is -2.43. The molecule has 1 saturated heterocycles. The molecule has 1 aliphatic rings. The zero-order chi connectivity index (χ0) is 10.7. The highest BCUT2D eigenvalue weighted by Gasteiger charge is 2.20. The maximum atomic E-state index is 9.00. The first-order valence-electron chi connectivity index (χ1n) is 4.93. The van der Waals surface area contributed by atoms with Gasteiger partial charge in [0, 0.05) is 30.7 Å². The van der Waals surface area contributed by atoms with Crippen LogP contribution < -0.4 is 5.73 Å². The van der Waals surface area contributed by atoms with Gasteiger partial charge in [-0.3, -0.25) is 4.90 Å². The van der Waals surface area contributed by atoms with E-state index >= 15 is 0 Å². The molecule has 7 heteroatoms. The first-order valence-corrected chi connectivity index (χ1v) is 5.74. The Morgan fingerprint density at radius 1 is 1.69 bits per heavy atom. The molecule has 0 amide bonds. The SMILES string of the molecule is Cl.Nc1ncc(CN2CCOC(CO)C2)s1. The predicted octanol–water partition coefficient (Wildman–Crippen LogP) is 0.340. The van der Waals surface area contributed by atoms with Crippen molar-refractivity contribution in [3.05, 3.63) is 11.1 Å². The summed E-state index contributed by atoms with van der Waals surface area (Å²) < 4.78 is 5.37. The van der Waals surface area contributed by atoms with E-state index in [1.165, 1.54) is 11.3 Å². The van der Waals surface area contributed by atoms with E-state index < -0.39 is 0 Å². The van der Waals surface area contributed by atoms with E-state index in [-0.39, 0.29) is 25.1 Å². The standard InChI is InChI=1S/C9H15N3O2S.ClH/c10-9-11-3-8(15-9)5-12-1-2-14-7(4-12)6-13;/h3,7,13H,1-2,4-6H2,(H2,10,11);1H. The summed E-state index contributed by atoms with van der Waals surface area (Å²) in [5.41, 5.74) is 5.56. The summed E-state index contributed by atoms with van der Waals surface area (Å²) in [5.74, 6) is 0. The molecule has 1 aromatic rings. The largest absolute Gasteiger partial charge is 0.394 e. The smallest absolute Gasteiger partial charge is 0.180 e. The number of hydrogen-bond donors (Lipinski definition) is 2. The van der Waals surface area contributed by atoms with Crippen molar-refractivity contribution in [2.75, 3.05) is 32.0 Å². The van der Waals surface area contributed by atoms with Crippen molar-refractivity contribution in [1.29, 1.82) is 0 Å². The minimum absolute atomic E-state index is 0. The molecule has 0 saturated carbocycles. The lowest BCUT2D eigenvalue weighted by Gasteiger charge is -2.31. The molecule has 0 bridgehead atoms. The van der Waals surface area contributed by atoms with E-state index in [9.17, 15) is 0 Å². The second-order valence-electron chi connectivity index (χ2n) is 3.58. The number of anilines is 1. The summed E-state index contributed by atoms with van der Waals surface area (Å²) >= 11 is 1.51. The quantitative estimate of drug-likeness (QED) is 0.825. The van der Waals surface area contributed by atoms with Crippen LogP contribution in [0.5, 0.6) is 0 Å². The number of halogens is 1. The normalized spacial score (nSPS) is 21.7. The van der Waals surface area contributed by atoms with Crippen molar-refractivity contribution in [2.45, 2.75) is 12.6 Å². The molecular weight excluding hydrogens is 250 g/mol. The topological polar surface area (TPSA) is 71.6 Å². The lowest BCUT2D eigenvalue weighted by atomic mass is 10.3. The minimum Gasteiger partial charge on any atom is -0.394 e. The Morgan fingerprint density at radius 2 is 2.50 bits per heavy atom. The summed E-state index contributed by atoms with van der Waals surface area (Å²) in [6.07, 6.45) is 1.76. The third-order valence-electron chi connectivity index (χ3n) is 2.38. The summed E-state index contributed by atoms with van der Waals surface area (Å²) in [4.78, 5) is 7.42. The van der Waals surface area contributed by atoms with Crippen LogP contribution in [0.3, 0.4) is 0 Å². The molecule has 1 aliphatic heterocycles. The number of aliphatic hydroxyl groups is 1. The fourth-order valence-corrected chi connectivity index (χ4v) is 2.38. The first kappa shape index (κ1) is 13.7. The van der Waals surface area contributed by atoms with Gasteiger partial charge in [0.05, 0.1) is 19.3 Å². The van der Waals surface area contributed by atoms with Gasteiger partial charge in [0.25, 0.3) is 0 Å². The molecule has 3 N–H and O–H groups in total. The van der Waals surface area contributed by atoms with Crippen LogP contribution in [0, 0.1) is 0 Å². The average Bonchev–Trinajstić information content (AvgIpc) is 2.64. The van der Waals surface area contributed by atoms with Crippen molar-refractivity contribution in [1.82, 2.24) is 9.88 Å². The van der Waals surface area contributed by atoms with Gasteiger partial charge in [-0.15, -0.1) is 23.7 Å². The summed E-state index contributed by atoms with van der Waals surface area (Å²) in [7, 11) is 0. The fraction of sp³-hybridized carbons (Fsp3) is 0.667. The summed E-state index contributed by atoms with van der Waals surface area (Å²) in [6, 6.07) is 0. The molecule has 0 aliphatic carbocycles. The molecule has 1 fully saturated rings. The van der Waals surface area contributed by atoms with Crippen molar-refractivity contribution < 1.29 is 9.84 Å². The van der Waals surface area contributed by atoms with Crippen LogP contribution >= 0.6 is 23.7 Å². The Bertz CT molecular complexity index is 323. The molecule has 2 rings (SSSR count). The van der Waals surface area contributed by atoms with E-state index in [0.29, 0.717) is 11.7 Å². The Hall–Kier alpha value is -0.400. The molecule has 5 nitrogen and oxygen atoms in total. The van der Waals surface area contributed by atoms with Crippen LogP contribution in [0.1, 0.15) is 4.88 Å². The maximum Gasteiger partial charge on any atom is 0.180 e. The summed E-state index contributed by atoms with van der Waals surface area (Å²) in [5, 5.41) is 9.61. The fourth-order valence-electron chi connectivity index (χ4n) is 1.65. The number of aromatic nitrogens is 1. The second-order valence-corrected chi connectivity index (χ2v) is 4.72. The van der Waals surface area contributed by atoms with Gasteiger partial charge in [-0.2, -0.15) is 0 Å². The molecule has 1 unspecified atom stereocenters. The molecule has 16 heavy (non-hydrogen) atoms. The van der Waals surface area contributed by atoms with Crippen LogP contribution in [-0.4, -0.2) is 47.4 Å². The molecule has 1 atom stereocenters. The van der Waals surface area contributed by atoms with Gasteiger partial charge in [-0.25, -0.2) is 4.98 Å². The zero-order valence-corrected chi connectivity index (χ0v) is 10.5. The third kappa shape index (κ3) is 3.57. The van der Waals surface area contributed by atoms with Gasteiger partial charge in [0.15, 0.2) is 5.13 Å². The van der Waals surface area contributed by atoms with E-state index in [1.54, 1.807) is 0 Å². The van der Waals surface area contributed by atoms with Gasteiger partial charge in [-0.1, -0.05) is 0 Å². The first-order chi connectivity index (χ1) is 7.28. The van der Waals surface area contributed by atoms with Gasteiger partial charge >= 0.3 is 0 Å². The molecule has 0 spiro atoms. The van der Waals surface area contributed by atoms with Gasteiger partial charge < -0.3 is 15.6 Å². The Labute approximate surface area is 105 Å². The van der Waals surface area contributed by atoms with Gasteiger partial charge in [-0.05, 0) is 0 Å². The highest BCUT2D eigenvalue weighted by Crippen LogP contribution is 2.17. The molecule has 0 radical (unpaired) electrons. The monoisotopic (exact) mass is 265 g/mol. The zero-order valence-electron chi connectivity index (χ0n) is 8.83. The molecular formula is C9H16ClN3O2S. The highest BCUT2D eigenvalue weighted by molar-refractivity contribution is 7.15. The van der Waals surface area contributed by atoms with Crippen molar-refractivity contribution >= 4 is 28.9 Å². The van der Waals surface area contributed by atoms with Crippen molar-refractivity contribution in [3.63, 3.8) is 0 Å². The molecule has 2 heterocycles. The van der Waals surface area contributed by atoms with E-state index in [2.05, 4.69) is 9.88 Å². The Kier molecular flexibility index (Phi) is 5.43. The van der Waals surface area contributed by atoms with Crippen LogP contribution in [0.15, 0.2) is 6.20 Å². The number of morpholine rings is 1. The van der Waals surface area contributed by atoms with Crippen LogP contribution in [0.2, 0.25) is 0 Å². The van der Waals surface area contributed by atoms with Crippen molar-refractivity contribution in [2.24, 2.45) is 0 Å². The summed E-state index contributed by atoms with van der Waals surface area (Å²) in [6.45, 7) is 3.28. The van der Waals surface area contributed by atoms with E-state index in [1.807, 2.05) is 6.20 Å². The highest BCUT2D eigenvalue weighted by atomic mass is 35.5. The number of hydrogen-bond acceptors (Lipinski definition) is 6. The second kappa shape index (κ2) is 6.36. The third-order valence-corrected chi connectivity index (χ3v) is 3.19. The number of aliphatic hydroxyl groups excluding tert-OH is 1. The van der Waals surface area contributed by atoms with Crippen LogP contribution in [0.4, 0.5) is 5.13 Å². The van der Waals surface area contributed by atoms with E-state index in [0.717, 1.165) is 24.5 Å².